The highest BCUT2D eigenvalue weighted by Crippen LogP contribution is 2.18. The quantitative estimate of drug-likeness (QED) is 0.494. The summed E-state index contributed by atoms with van der Waals surface area (Å²) in [7, 11) is 0. The predicted octanol–water partition coefficient (Wildman–Crippen LogP) is 1.45. The summed E-state index contributed by atoms with van der Waals surface area (Å²) in [5, 5.41) is 10.3. The van der Waals surface area contributed by atoms with E-state index >= 15 is 0 Å². The molecule has 8 heteroatoms. The second-order valence-corrected chi connectivity index (χ2v) is 3.38. The Bertz CT molecular complexity index is 518. The van der Waals surface area contributed by atoms with Crippen LogP contribution >= 0.6 is 0 Å². The molecule has 1 unspecified atom stereocenters. The maximum absolute atomic E-state index is 13.2. The molecule has 0 aliphatic carbocycles. The van der Waals surface area contributed by atoms with Crippen molar-refractivity contribution in [2.24, 2.45) is 0 Å². The molecular formula is C10H7F4NO3. The highest BCUT2D eigenvalue weighted by molar-refractivity contribution is 5.96. The molecule has 1 rings (SSSR count). The Balaban J connectivity index is 3.11. The lowest BCUT2D eigenvalue weighted by molar-refractivity contribution is -0.138. The molecule has 0 saturated carbocycles. The Morgan fingerprint density at radius 1 is 1.17 bits per heavy atom. The number of rotatable bonds is 3. The lowest BCUT2D eigenvalue weighted by Crippen LogP contribution is -2.38. The number of hydrogen-bond donors (Lipinski definition) is 2. The van der Waals surface area contributed by atoms with Gasteiger partial charge in [-0.1, -0.05) is 0 Å². The Morgan fingerprint density at radius 3 is 2.22 bits per heavy atom. The topological polar surface area (TPSA) is 66.4 Å². The van der Waals surface area contributed by atoms with Crippen molar-refractivity contribution in [3.8, 4) is 0 Å². The number of halogens is 4. The lowest BCUT2D eigenvalue weighted by atomic mass is 10.1. The number of carboxylic acids is 1. The van der Waals surface area contributed by atoms with Crippen LogP contribution in [0.4, 0.5) is 17.6 Å². The highest BCUT2D eigenvalue weighted by atomic mass is 19.2. The van der Waals surface area contributed by atoms with Gasteiger partial charge < -0.3 is 10.4 Å². The molecular weight excluding hydrogens is 258 g/mol. The van der Waals surface area contributed by atoms with Crippen LogP contribution in [0.15, 0.2) is 6.07 Å². The molecule has 1 aromatic carbocycles. The molecule has 0 radical (unpaired) electrons. The molecule has 98 valence electrons. The van der Waals surface area contributed by atoms with Crippen molar-refractivity contribution in [1.29, 1.82) is 0 Å². The van der Waals surface area contributed by atoms with Gasteiger partial charge in [0.2, 0.25) is 0 Å². The molecule has 0 fully saturated rings. The molecule has 2 N–H and O–H groups in total. The van der Waals surface area contributed by atoms with Crippen molar-refractivity contribution in [3.05, 3.63) is 34.9 Å². The average molecular weight is 265 g/mol. The van der Waals surface area contributed by atoms with Crippen LogP contribution in [-0.2, 0) is 4.79 Å². The highest BCUT2D eigenvalue weighted by Gasteiger charge is 2.24. The predicted molar refractivity (Wildman–Crippen MR) is 50.8 cm³/mol. The second kappa shape index (κ2) is 5.03. The molecule has 1 atom stereocenters. The van der Waals surface area contributed by atoms with Crippen LogP contribution < -0.4 is 5.32 Å². The van der Waals surface area contributed by atoms with E-state index in [2.05, 4.69) is 0 Å². The van der Waals surface area contributed by atoms with Crippen molar-refractivity contribution in [1.82, 2.24) is 5.32 Å². The maximum atomic E-state index is 13.2. The average Bonchev–Trinajstić information content (AvgIpc) is 2.30. The van der Waals surface area contributed by atoms with E-state index < -0.39 is 46.8 Å². The maximum Gasteiger partial charge on any atom is 0.325 e. The Morgan fingerprint density at radius 2 is 1.72 bits per heavy atom. The third kappa shape index (κ3) is 2.58. The van der Waals surface area contributed by atoms with Gasteiger partial charge in [-0.2, -0.15) is 0 Å². The molecule has 1 aromatic rings. The Kier molecular flexibility index (Phi) is 3.89. The zero-order chi connectivity index (χ0) is 14.0. The summed E-state index contributed by atoms with van der Waals surface area (Å²) in [5.41, 5.74) is -1.11. The molecule has 18 heavy (non-hydrogen) atoms. The second-order valence-electron chi connectivity index (χ2n) is 3.38. The standard InChI is InChI=1S/C10H7F4NO3/c1-3(10(17)18)15-9(16)4-2-5(11)7(13)8(14)6(4)12/h2-3H,1H3,(H,15,16)(H,17,18). The number of benzene rings is 1. The van der Waals surface area contributed by atoms with E-state index in [1.807, 2.05) is 0 Å². The van der Waals surface area contributed by atoms with Crippen molar-refractivity contribution in [2.75, 3.05) is 0 Å². The van der Waals surface area contributed by atoms with Crippen LogP contribution in [0.2, 0.25) is 0 Å². The molecule has 0 bridgehead atoms. The van der Waals surface area contributed by atoms with E-state index in [1.165, 1.54) is 0 Å². The van der Waals surface area contributed by atoms with Crippen LogP contribution in [-0.4, -0.2) is 23.0 Å². The van der Waals surface area contributed by atoms with Crippen molar-refractivity contribution < 1.29 is 32.3 Å². The van der Waals surface area contributed by atoms with Crippen molar-refractivity contribution >= 4 is 11.9 Å². The van der Waals surface area contributed by atoms with Gasteiger partial charge in [-0.05, 0) is 13.0 Å². The molecule has 0 heterocycles. The van der Waals surface area contributed by atoms with Gasteiger partial charge in [0, 0.05) is 0 Å². The monoisotopic (exact) mass is 265 g/mol. The van der Waals surface area contributed by atoms with Crippen LogP contribution in [0, 0.1) is 23.3 Å². The van der Waals surface area contributed by atoms with E-state index in [9.17, 15) is 27.2 Å². The van der Waals surface area contributed by atoms with Gasteiger partial charge in [-0.25, -0.2) is 17.6 Å². The SMILES string of the molecule is CC(NC(=O)c1cc(F)c(F)c(F)c1F)C(=O)O. The molecule has 0 aromatic heterocycles. The van der Waals surface area contributed by atoms with E-state index in [4.69, 9.17) is 5.11 Å². The van der Waals surface area contributed by atoms with Crippen molar-refractivity contribution in [3.63, 3.8) is 0 Å². The van der Waals surface area contributed by atoms with Gasteiger partial charge >= 0.3 is 5.97 Å². The fourth-order valence-corrected chi connectivity index (χ4v) is 1.07. The minimum Gasteiger partial charge on any atom is -0.480 e. The Labute approximate surface area is 98.2 Å². The number of carboxylic acid groups (broad SMARTS) is 1. The molecule has 1 amide bonds. The van der Waals surface area contributed by atoms with E-state index in [0.29, 0.717) is 0 Å². The summed E-state index contributed by atoms with van der Waals surface area (Å²) in [6.45, 7) is 1.06. The number of nitrogens with one attached hydrogen (secondary N) is 1. The number of hydrogen-bond acceptors (Lipinski definition) is 2. The van der Waals surface area contributed by atoms with Crippen LogP contribution in [0.3, 0.4) is 0 Å². The van der Waals surface area contributed by atoms with Crippen LogP contribution in [0.5, 0.6) is 0 Å². The lowest BCUT2D eigenvalue weighted by Gasteiger charge is -2.10. The number of aliphatic carboxylic acids is 1. The molecule has 0 spiro atoms. The van der Waals surface area contributed by atoms with Gasteiger partial charge in [0.15, 0.2) is 23.3 Å². The minimum absolute atomic E-state index is 0.150. The summed E-state index contributed by atoms with van der Waals surface area (Å²) < 4.78 is 51.4. The van der Waals surface area contributed by atoms with E-state index in [-0.39, 0.29) is 6.07 Å². The van der Waals surface area contributed by atoms with Gasteiger partial charge in [-0.15, -0.1) is 0 Å². The molecule has 0 saturated heterocycles. The van der Waals surface area contributed by atoms with Crippen LogP contribution in [0.25, 0.3) is 0 Å². The zero-order valence-electron chi connectivity index (χ0n) is 8.93. The van der Waals surface area contributed by atoms with Crippen molar-refractivity contribution in [2.45, 2.75) is 13.0 Å². The number of amides is 1. The summed E-state index contributed by atoms with van der Waals surface area (Å²) in [6, 6.07) is -1.24. The molecule has 4 nitrogen and oxygen atoms in total. The van der Waals surface area contributed by atoms with Gasteiger partial charge in [-0.3, -0.25) is 9.59 Å². The minimum atomic E-state index is -2.14. The smallest absolute Gasteiger partial charge is 0.325 e. The van der Waals surface area contributed by atoms with Gasteiger partial charge in [0.1, 0.15) is 6.04 Å². The number of carbonyl (C=O) groups is 2. The van der Waals surface area contributed by atoms with E-state index in [1.54, 1.807) is 5.32 Å². The summed E-state index contributed by atoms with van der Waals surface area (Å²) in [6.07, 6.45) is 0. The molecule has 0 aliphatic heterocycles. The third-order valence-electron chi connectivity index (χ3n) is 2.07. The van der Waals surface area contributed by atoms with Crippen LogP contribution in [0.1, 0.15) is 17.3 Å². The first kappa shape index (κ1) is 13.9. The summed E-state index contributed by atoms with van der Waals surface area (Å²) in [4.78, 5) is 21.7. The first-order valence-electron chi connectivity index (χ1n) is 4.62. The fourth-order valence-electron chi connectivity index (χ4n) is 1.07. The summed E-state index contributed by atoms with van der Waals surface area (Å²) >= 11 is 0. The normalized spacial score (nSPS) is 12.1. The van der Waals surface area contributed by atoms with Gasteiger partial charge in [0.05, 0.1) is 5.56 Å². The summed E-state index contributed by atoms with van der Waals surface area (Å²) in [5.74, 6) is -10.6. The fraction of sp³-hybridized carbons (Fsp3) is 0.200. The first-order chi connectivity index (χ1) is 8.25. The van der Waals surface area contributed by atoms with E-state index in [0.717, 1.165) is 6.92 Å². The Hall–Kier alpha value is -2.12. The molecule has 0 aliphatic rings. The zero-order valence-corrected chi connectivity index (χ0v) is 8.93. The third-order valence-corrected chi connectivity index (χ3v) is 2.07. The largest absolute Gasteiger partial charge is 0.480 e. The van der Waals surface area contributed by atoms with Gasteiger partial charge in [0.25, 0.3) is 5.91 Å². The number of carbonyl (C=O) groups excluding carboxylic acids is 1. The first-order valence-corrected chi connectivity index (χ1v) is 4.62.